The molecule has 0 unspecified atom stereocenters. The highest BCUT2D eigenvalue weighted by Crippen LogP contribution is 2.41. The van der Waals surface area contributed by atoms with Gasteiger partial charge in [0.25, 0.3) is 5.92 Å². The average Bonchev–Trinajstić information content (AvgIpc) is 3.08. The van der Waals surface area contributed by atoms with Crippen LogP contribution in [0.5, 0.6) is 0 Å². The summed E-state index contributed by atoms with van der Waals surface area (Å²) >= 11 is 0. The molecule has 1 saturated heterocycles. The second kappa shape index (κ2) is 7.47. The molecule has 2 aromatic heterocycles. The van der Waals surface area contributed by atoms with Gasteiger partial charge in [-0.2, -0.15) is 0 Å². The summed E-state index contributed by atoms with van der Waals surface area (Å²) in [6, 6.07) is 1.89. The second-order valence-corrected chi connectivity index (χ2v) is 8.66. The molecule has 3 heterocycles. The van der Waals surface area contributed by atoms with Crippen LogP contribution in [0.25, 0.3) is 11.4 Å². The zero-order valence-electron chi connectivity index (χ0n) is 16.8. The number of halogens is 2. The molecule has 0 aromatic carbocycles. The Labute approximate surface area is 168 Å². The van der Waals surface area contributed by atoms with Gasteiger partial charge >= 0.3 is 0 Å². The Balaban J connectivity index is 1.40. The van der Waals surface area contributed by atoms with Crippen LogP contribution in [0, 0.1) is 30.1 Å². The zero-order chi connectivity index (χ0) is 20.6. The summed E-state index contributed by atoms with van der Waals surface area (Å²) in [4.78, 5) is 4.45. The van der Waals surface area contributed by atoms with Gasteiger partial charge in [-0.3, -0.25) is 4.98 Å². The maximum Gasteiger partial charge on any atom is 0.250 e. The van der Waals surface area contributed by atoms with Crippen molar-refractivity contribution in [1.29, 1.82) is 0 Å². The first-order valence-electron chi connectivity index (χ1n) is 9.69. The third kappa shape index (κ3) is 4.80. The van der Waals surface area contributed by atoms with Crippen LogP contribution in [0.2, 0.25) is 0 Å². The van der Waals surface area contributed by atoms with Crippen LogP contribution in [0.4, 0.5) is 8.78 Å². The molecule has 6 nitrogen and oxygen atoms in total. The first-order valence-corrected chi connectivity index (χ1v) is 9.69. The molecule has 1 aliphatic carbocycles. The van der Waals surface area contributed by atoms with E-state index in [0.29, 0.717) is 36.7 Å². The SMILES string of the molecule is Cc1cc(C#CC2CC(F)(F)C2)cnc1-c1cn(CC2OCC(C)(C)CO2)nn1. The van der Waals surface area contributed by atoms with Crippen molar-refractivity contribution in [2.45, 2.75) is 52.4 Å². The average molecular weight is 402 g/mol. The fourth-order valence-corrected chi connectivity index (χ4v) is 3.34. The van der Waals surface area contributed by atoms with E-state index >= 15 is 0 Å². The van der Waals surface area contributed by atoms with E-state index in [2.05, 4.69) is 41.0 Å². The van der Waals surface area contributed by atoms with Gasteiger partial charge < -0.3 is 9.47 Å². The molecular weight excluding hydrogens is 378 g/mol. The molecule has 1 saturated carbocycles. The molecule has 0 N–H and O–H groups in total. The summed E-state index contributed by atoms with van der Waals surface area (Å²) in [5, 5.41) is 8.35. The maximum absolute atomic E-state index is 12.9. The molecule has 1 aliphatic heterocycles. The van der Waals surface area contributed by atoms with Gasteiger partial charge in [-0.05, 0) is 18.6 Å². The molecule has 29 heavy (non-hydrogen) atoms. The molecule has 4 rings (SSSR count). The summed E-state index contributed by atoms with van der Waals surface area (Å²) < 4.78 is 38.9. The molecule has 0 amide bonds. The molecule has 0 spiro atoms. The minimum atomic E-state index is -2.55. The van der Waals surface area contributed by atoms with Gasteiger partial charge in [0.05, 0.1) is 31.6 Å². The minimum absolute atomic E-state index is 0.0230. The van der Waals surface area contributed by atoms with E-state index in [1.54, 1.807) is 10.9 Å². The first kappa shape index (κ1) is 19.9. The quantitative estimate of drug-likeness (QED) is 0.736. The Morgan fingerprint density at radius 2 is 1.97 bits per heavy atom. The Kier molecular flexibility index (Phi) is 5.13. The number of aromatic nitrogens is 4. The van der Waals surface area contributed by atoms with Gasteiger partial charge in [0.1, 0.15) is 5.69 Å². The third-order valence-corrected chi connectivity index (χ3v) is 5.03. The Morgan fingerprint density at radius 3 is 2.62 bits per heavy atom. The van der Waals surface area contributed by atoms with Gasteiger partial charge in [0, 0.05) is 35.9 Å². The lowest BCUT2D eigenvalue weighted by molar-refractivity contribution is -0.227. The molecule has 2 aliphatic rings. The van der Waals surface area contributed by atoms with Crippen molar-refractivity contribution in [2.75, 3.05) is 13.2 Å². The van der Waals surface area contributed by atoms with E-state index < -0.39 is 5.92 Å². The molecular formula is C21H24F2N4O2. The van der Waals surface area contributed by atoms with Crippen LogP contribution in [-0.4, -0.2) is 45.4 Å². The van der Waals surface area contributed by atoms with Gasteiger partial charge in [-0.1, -0.05) is 30.9 Å². The van der Waals surface area contributed by atoms with Crippen LogP contribution in [-0.2, 0) is 16.0 Å². The molecule has 0 bridgehead atoms. The standard InChI is InChI=1S/C21H24F2N4O2/c1-14-6-15(4-5-16-7-21(22,23)8-16)9-24-19(14)17-10-27(26-25-17)11-18-28-12-20(2,3)13-29-18/h6,9-10,16,18H,7-8,11-13H2,1-3H3. The normalized spacial score (nSPS) is 21.3. The predicted molar refractivity (Wildman–Crippen MR) is 102 cm³/mol. The molecule has 8 heteroatoms. The van der Waals surface area contributed by atoms with Gasteiger partial charge in [-0.15, -0.1) is 5.10 Å². The molecule has 154 valence electrons. The number of aryl methyl sites for hydroxylation is 1. The highest BCUT2D eigenvalue weighted by atomic mass is 19.3. The van der Waals surface area contributed by atoms with Crippen molar-refractivity contribution in [3.05, 3.63) is 29.6 Å². The van der Waals surface area contributed by atoms with E-state index in [1.165, 1.54) is 0 Å². The summed E-state index contributed by atoms with van der Waals surface area (Å²) in [6.45, 7) is 7.85. The molecule has 2 aromatic rings. The number of hydrogen-bond donors (Lipinski definition) is 0. The summed E-state index contributed by atoms with van der Waals surface area (Å²) in [6.07, 6.45) is 2.80. The summed E-state index contributed by atoms with van der Waals surface area (Å²) in [5.74, 6) is 3.07. The lowest BCUT2D eigenvalue weighted by Gasteiger charge is -2.34. The van der Waals surface area contributed by atoms with E-state index in [1.807, 2.05) is 19.2 Å². The minimum Gasteiger partial charge on any atom is -0.350 e. The monoisotopic (exact) mass is 402 g/mol. The third-order valence-electron chi connectivity index (χ3n) is 5.03. The lowest BCUT2D eigenvalue weighted by atomic mass is 9.82. The lowest BCUT2D eigenvalue weighted by Crippen LogP contribution is -2.39. The topological polar surface area (TPSA) is 62.1 Å². The highest BCUT2D eigenvalue weighted by Gasteiger charge is 2.44. The number of nitrogens with zero attached hydrogens (tertiary/aromatic N) is 4. The van der Waals surface area contributed by atoms with Crippen LogP contribution in [0.15, 0.2) is 18.5 Å². The Bertz CT molecular complexity index is 943. The Hall–Kier alpha value is -2.37. The number of rotatable bonds is 3. The van der Waals surface area contributed by atoms with Crippen molar-refractivity contribution in [2.24, 2.45) is 11.3 Å². The number of ether oxygens (including phenoxy) is 2. The van der Waals surface area contributed by atoms with Gasteiger partial charge in [0.2, 0.25) is 0 Å². The van der Waals surface area contributed by atoms with Crippen molar-refractivity contribution in [1.82, 2.24) is 20.0 Å². The maximum atomic E-state index is 12.9. The first-order chi connectivity index (χ1) is 13.7. The smallest absolute Gasteiger partial charge is 0.250 e. The van der Waals surface area contributed by atoms with Crippen molar-refractivity contribution in [3.63, 3.8) is 0 Å². The molecule has 0 radical (unpaired) electrons. The van der Waals surface area contributed by atoms with E-state index in [0.717, 1.165) is 5.56 Å². The molecule has 2 fully saturated rings. The largest absolute Gasteiger partial charge is 0.350 e. The van der Waals surface area contributed by atoms with Crippen LogP contribution in [0.1, 0.15) is 37.8 Å². The van der Waals surface area contributed by atoms with Gasteiger partial charge in [0.15, 0.2) is 6.29 Å². The number of alkyl halides is 2. The van der Waals surface area contributed by atoms with E-state index in [-0.39, 0.29) is 30.5 Å². The van der Waals surface area contributed by atoms with Gasteiger partial charge in [-0.25, -0.2) is 13.5 Å². The van der Waals surface area contributed by atoms with Crippen molar-refractivity contribution >= 4 is 0 Å². The van der Waals surface area contributed by atoms with Crippen LogP contribution >= 0.6 is 0 Å². The van der Waals surface area contributed by atoms with Crippen molar-refractivity contribution < 1.29 is 18.3 Å². The second-order valence-electron chi connectivity index (χ2n) is 8.66. The summed E-state index contributed by atoms with van der Waals surface area (Å²) in [7, 11) is 0. The number of hydrogen-bond acceptors (Lipinski definition) is 5. The van der Waals surface area contributed by atoms with E-state index in [9.17, 15) is 8.78 Å². The summed E-state index contributed by atoms with van der Waals surface area (Å²) in [5.41, 5.74) is 2.99. The fraction of sp³-hybridized carbons (Fsp3) is 0.571. The van der Waals surface area contributed by atoms with Crippen LogP contribution < -0.4 is 0 Å². The fourth-order valence-electron chi connectivity index (χ4n) is 3.34. The number of pyridine rings is 1. The Morgan fingerprint density at radius 1 is 1.24 bits per heavy atom. The van der Waals surface area contributed by atoms with E-state index in [4.69, 9.17) is 9.47 Å². The predicted octanol–water partition coefficient (Wildman–Crippen LogP) is 3.44. The molecule has 0 atom stereocenters. The van der Waals surface area contributed by atoms with Crippen molar-refractivity contribution in [3.8, 4) is 23.2 Å². The zero-order valence-corrected chi connectivity index (χ0v) is 16.8. The highest BCUT2D eigenvalue weighted by molar-refractivity contribution is 5.58. The van der Waals surface area contributed by atoms with Crippen LogP contribution in [0.3, 0.4) is 0 Å².